The van der Waals surface area contributed by atoms with Crippen molar-refractivity contribution in [2.24, 2.45) is 0 Å². The van der Waals surface area contributed by atoms with Gasteiger partial charge in [-0.25, -0.2) is 0 Å². The Morgan fingerprint density at radius 1 is 1.11 bits per heavy atom. The fraction of sp³-hybridized carbons (Fsp3) is 0. The molecule has 0 unspecified atom stereocenters. The molecule has 4 nitrogen and oxygen atoms in total. The molecule has 94 valence electrons. The summed E-state index contributed by atoms with van der Waals surface area (Å²) in [6, 6.07) is 14.2. The number of fused-ring (bicyclic) bond motifs is 1. The highest BCUT2D eigenvalue weighted by Crippen LogP contribution is 2.36. The molecule has 0 amide bonds. The summed E-state index contributed by atoms with van der Waals surface area (Å²) in [5, 5.41) is 12.4. The van der Waals surface area contributed by atoms with Crippen LogP contribution in [0, 0.1) is 10.1 Å². The standard InChI is InChI=1S/C14H9ClN2O2/c15-10-5-3-7-13(17(18)19)14(10)12-8-9-4-1-2-6-11(9)16-12/h1-8,16H. The number of hydrogen-bond donors (Lipinski definition) is 1. The van der Waals surface area contributed by atoms with Crippen molar-refractivity contribution in [3.05, 3.63) is 63.7 Å². The Morgan fingerprint density at radius 2 is 1.89 bits per heavy atom. The summed E-state index contributed by atoms with van der Waals surface area (Å²) < 4.78 is 0. The van der Waals surface area contributed by atoms with E-state index < -0.39 is 4.92 Å². The van der Waals surface area contributed by atoms with E-state index in [9.17, 15) is 10.1 Å². The molecule has 0 aliphatic heterocycles. The lowest BCUT2D eigenvalue weighted by atomic mass is 10.1. The lowest BCUT2D eigenvalue weighted by Gasteiger charge is -2.02. The van der Waals surface area contributed by atoms with Crippen LogP contribution < -0.4 is 0 Å². The molecule has 0 atom stereocenters. The summed E-state index contributed by atoms with van der Waals surface area (Å²) in [6.07, 6.45) is 0. The first-order valence-electron chi connectivity index (χ1n) is 5.68. The predicted molar refractivity (Wildman–Crippen MR) is 75.4 cm³/mol. The lowest BCUT2D eigenvalue weighted by Crippen LogP contribution is -1.92. The first kappa shape index (κ1) is 11.7. The minimum atomic E-state index is -0.424. The number of nitro groups is 1. The number of nitrogens with zero attached hydrogens (tertiary/aromatic N) is 1. The third kappa shape index (κ3) is 1.96. The number of rotatable bonds is 2. The molecule has 0 bridgehead atoms. The van der Waals surface area contributed by atoms with Gasteiger partial charge in [-0.3, -0.25) is 10.1 Å². The summed E-state index contributed by atoms with van der Waals surface area (Å²) in [7, 11) is 0. The SMILES string of the molecule is O=[N+]([O-])c1cccc(Cl)c1-c1cc2ccccc2[nH]1. The minimum Gasteiger partial charge on any atom is -0.354 e. The summed E-state index contributed by atoms with van der Waals surface area (Å²) in [6.45, 7) is 0. The fourth-order valence-electron chi connectivity index (χ4n) is 2.14. The van der Waals surface area contributed by atoms with E-state index in [2.05, 4.69) is 4.98 Å². The third-order valence-electron chi connectivity index (χ3n) is 2.99. The first-order chi connectivity index (χ1) is 9.16. The van der Waals surface area contributed by atoms with Gasteiger partial charge in [0.25, 0.3) is 5.69 Å². The average molecular weight is 273 g/mol. The number of aromatic amines is 1. The van der Waals surface area contributed by atoms with Crippen LogP contribution in [-0.4, -0.2) is 9.91 Å². The summed E-state index contributed by atoms with van der Waals surface area (Å²) >= 11 is 6.11. The molecule has 0 aliphatic rings. The van der Waals surface area contributed by atoms with Gasteiger partial charge in [-0.2, -0.15) is 0 Å². The monoisotopic (exact) mass is 272 g/mol. The van der Waals surface area contributed by atoms with Gasteiger partial charge in [0.2, 0.25) is 0 Å². The Balaban J connectivity index is 2.29. The summed E-state index contributed by atoms with van der Waals surface area (Å²) in [4.78, 5) is 13.8. The van der Waals surface area contributed by atoms with Crippen LogP contribution in [0.15, 0.2) is 48.5 Å². The third-order valence-corrected chi connectivity index (χ3v) is 3.30. The Hall–Kier alpha value is -2.33. The average Bonchev–Trinajstić information content (AvgIpc) is 2.81. The zero-order chi connectivity index (χ0) is 13.4. The largest absolute Gasteiger partial charge is 0.354 e. The molecule has 1 heterocycles. The smallest absolute Gasteiger partial charge is 0.280 e. The molecule has 3 aromatic rings. The van der Waals surface area contributed by atoms with E-state index in [-0.39, 0.29) is 5.69 Å². The summed E-state index contributed by atoms with van der Waals surface area (Å²) in [5.74, 6) is 0. The maximum absolute atomic E-state index is 11.1. The van der Waals surface area contributed by atoms with Gasteiger partial charge in [-0.1, -0.05) is 35.9 Å². The van der Waals surface area contributed by atoms with E-state index in [1.807, 2.05) is 30.3 Å². The van der Waals surface area contributed by atoms with E-state index in [0.29, 0.717) is 16.3 Å². The molecule has 2 aromatic carbocycles. The van der Waals surface area contributed by atoms with Crippen molar-refractivity contribution < 1.29 is 4.92 Å². The van der Waals surface area contributed by atoms with E-state index in [1.54, 1.807) is 12.1 Å². The number of halogens is 1. The molecule has 0 saturated heterocycles. The lowest BCUT2D eigenvalue weighted by molar-refractivity contribution is -0.384. The predicted octanol–water partition coefficient (Wildman–Crippen LogP) is 4.40. The van der Waals surface area contributed by atoms with E-state index in [0.717, 1.165) is 10.9 Å². The maximum Gasteiger partial charge on any atom is 0.280 e. The van der Waals surface area contributed by atoms with Crippen molar-refractivity contribution in [2.75, 3.05) is 0 Å². The molecule has 5 heteroatoms. The molecule has 0 spiro atoms. The Bertz CT molecular complexity index is 747. The number of benzene rings is 2. The van der Waals surface area contributed by atoms with Crippen molar-refractivity contribution in [3.8, 4) is 11.3 Å². The number of nitro benzene ring substituents is 1. The van der Waals surface area contributed by atoms with Gasteiger partial charge < -0.3 is 4.98 Å². The van der Waals surface area contributed by atoms with Crippen LogP contribution in [0.5, 0.6) is 0 Å². The van der Waals surface area contributed by atoms with Gasteiger partial charge in [0.1, 0.15) is 0 Å². The molecule has 0 radical (unpaired) electrons. The van der Waals surface area contributed by atoms with Gasteiger partial charge in [0.15, 0.2) is 0 Å². The molecular weight excluding hydrogens is 264 g/mol. The number of aromatic nitrogens is 1. The van der Waals surface area contributed by atoms with Crippen molar-refractivity contribution in [3.63, 3.8) is 0 Å². The molecule has 3 rings (SSSR count). The Labute approximate surface area is 113 Å². The molecular formula is C14H9ClN2O2. The van der Waals surface area contributed by atoms with Crippen LogP contribution in [0.25, 0.3) is 22.2 Å². The Kier molecular flexibility index (Phi) is 2.72. The molecule has 1 N–H and O–H groups in total. The van der Waals surface area contributed by atoms with Gasteiger partial charge in [-0.15, -0.1) is 0 Å². The first-order valence-corrected chi connectivity index (χ1v) is 6.05. The molecule has 0 aliphatic carbocycles. The number of hydrogen-bond acceptors (Lipinski definition) is 2. The zero-order valence-electron chi connectivity index (χ0n) is 9.76. The summed E-state index contributed by atoms with van der Waals surface area (Å²) in [5.41, 5.74) is 2.00. The molecule has 0 saturated carbocycles. The molecule has 0 fully saturated rings. The highest BCUT2D eigenvalue weighted by atomic mass is 35.5. The normalized spacial score (nSPS) is 10.8. The van der Waals surface area contributed by atoms with E-state index >= 15 is 0 Å². The second kappa shape index (κ2) is 4.40. The van der Waals surface area contributed by atoms with Crippen LogP contribution in [0.3, 0.4) is 0 Å². The van der Waals surface area contributed by atoms with Crippen LogP contribution in [0.4, 0.5) is 5.69 Å². The van der Waals surface area contributed by atoms with Gasteiger partial charge in [0.05, 0.1) is 21.2 Å². The van der Waals surface area contributed by atoms with Crippen molar-refractivity contribution >= 4 is 28.2 Å². The zero-order valence-corrected chi connectivity index (χ0v) is 10.5. The number of nitrogens with one attached hydrogen (secondary N) is 1. The van der Waals surface area contributed by atoms with Crippen molar-refractivity contribution in [2.45, 2.75) is 0 Å². The van der Waals surface area contributed by atoms with Crippen LogP contribution in [0.2, 0.25) is 5.02 Å². The van der Waals surface area contributed by atoms with Crippen LogP contribution >= 0.6 is 11.6 Å². The Morgan fingerprint density at radius 3 is 2.63 bits per heavy atom. The quantitative estimate of drug-likeness (QED) is 0.555. The second-order valence-corrected chi connectivity index (χ2v) is 4.57. The number of para-hydroxylation sites is 1. The van der Waals surface area contributed by atoms with Crippen LogP contribution in [-0.2, 0) is 0 Å². The maximum atomic E-state index is 11.1. The van der Waals surface area contributed by atoms with Crippen molar-refractivity contribution in [1.82, 2.24) is 4.98 Å². The number of H-pyrrole nitrogens is 1. The highest BCUT2D eigenvalue weighted by Gasteiger charge is 2.19. The highest BCUT2D eigenvalue weighted by molar-refractivity contribution is 6.33. The van der Waals surface area contributed by atoms with Crippen molar-refractivity contribution in [1.29, 1.82) is 0 Å². The molecule has 19 heavy (non-hydrogen) atoms. The topological polar surface area (TPSA) is 58.9 Å². The van der Waals surface area contributed by atoms with Gasteiger partial charge >= 0.3 is 0 Å². The van der Waals surface area contributed by atoms with Gasteiger partial charge in [0, 0.05) is 17.0 Å². The van der Waals surface area contributed by atoms with E-state index in [4.69, 9.17) is 11.6 Å². The minimum absolute atomic E-state index is 0.000874. The van der Waals surface area contributed by atoms with Gasteiger partial charge in [-0.05, 0) is 18.2 Å². The fourth-order valence-corrected chi connectivity index (χ4v) is 2.41. The second-order valence-electron chi connectivity index (χ2n) is 4.16. The van der Waals surface area contributed by atoms with Crippen LogP contribution in [0.1, 0.15) is 0 Å². The molecule has 1 aromatic heterocycles. The van der Waals surface area contributed by atoms with E-state index in [1.165, 1.54) is 6.07 Å².